The van der Waals surface area contributed by atoms with E-state index in [1.165, 1.54) is 30.2 Å². The molecule has 0 saturated carbocycles. The number of H-pyrrole nitrogens is 1. The molecule has 1 fully saturated rings. The Hall–Kier alpha value is -4.37. The molecule has 260 valence electrons. The number of aliphatic hydroxyl groups is 1. The minimum absolute atomic E-state index is 0.0302. The average molecular weight is 714 g/mol. The van der Waals surface area contributed by atoms with Crippen molar-refractivity contribution in [3.8, 4) is 0 Å². The fourth-order valence-corrected chi connectivity index (χ4v) is 7.57. The van der Waals surface area contributed by atoms with Gasteiger partial charge in [0.25, 0.3) is 0 Å². The highest BCUT2D eigenvalue weighted by Crippen LogP contribution is 2.39. The number of ether oxygens (including phenoxy) is 2. The van der Waals surface area contributed by atoms with Crippen LogP contribution in [-0.4, -0.2) is 52.5 Å². The number of carbonyl (C=O) groups is 1. The van der Waals surface area contributed by atoms with Crippen molar-refractivity contribution in [2.75, 3.05) is 5.75 Å². The molecule has 2 heterocycles. The van der Waals surface area contributed by atoms with Gasteiger partial charge in [0.15, 0.2) is 11.4 Å². The van der Waals surface area contributed by atoms with Crippen LogP contribution in [0.15, 0.2) is 120 Å². The molecular weight excluding hydrogens is 675 g/mol. The molecule has 1 aliphatic heterocycles. The fourth-order valence-electron chi connectivity index (χ4n) is 5.57. The van der Waals surface area contributed by atoms with E-state index in [9.17, 15) is 18.3 Å². The monoisotopic (exact) mass is 713 g/mol. The fraction of sp³-hybridized carbons (Fsp3) is 0.270. The van der Waals surface area contributed by atoms with Crippen molar-refractivity contribution in [2.24, 2.45) is 0 Å². The predicted molar refractivity (Wildman–Crippen MR) is 189 cm³/mol. The Kier molecular flexibility index (Phi) is 11.7. The van der Waals surface area contributed by atoms with Gasteiger partial charge in [0.05, 0.1) is 23.7 Å². The van der Waals surface area contributed by atoms with Crippen molar-refractivity contribution < 1.29 is 27.8 Å². The second-order valence-electron chi connectivity index (χ2n) is 12.1. The number of nitrogens with one attached hydrogen (secondary N) is 3. The summed E-state index contributed by atoms with van der Waals surface area (Å²) in [6.07, 6.45) is 1.28. The molecule has 4 N–H and O–H groups in total. The SMILES string of the molecule is Cc1ccc(S(=O)(=O)N[C@H](Cc2ccccc2)C(=O)NCc2ccc([C@H]3O[C@@H](CSc4ncn[nH]4)C[C@@H](c4ccc(CO)cc4)O3)cc2)cc1. The normalized spacial score (nSPS) is 18.4. The molecule has 11 nitrogen and oxygen atoms in total. The first kappa shape index (κ1) is 35.5. The number of hydrogen-bond acceptors (Lipinski definition) is 9. The Bertz CT molecular complexity index is 1930. The highest BCUT2D eigenvalue weighted by molar-refractivity contribution is 7.99. The summed E-state index contributed by atoms with van der Waals surface area (Å²) in [5.74, 6) is 0.206. The summed E-state index contributed by atoms with van der Waals surface area (Å²) in [5, 5.41) is 19.9. The molecule has 1 saturated heterocycles. The molecule has 0 aliphatic carbocycles. The molecular formula is C37H39N5O6S2. The van der Waals surface area contributed by atoms with Crippen LogP contribution in [0.4, 0.5) is 0 Å². The van der Waals surface area contributed by atoms with Crippen molar-refractivity contribution in [1.82, 2.24) is 25.2 Å². The number of aryl methyl sites for hydroxylation is 1. The van der Waals surface area contributed by atoms with E-state index >= 15 is 0 Å². The van der Waals surface area contributed by atoms with Crippen LogP contribution < -0.4 is 10.0 Å². The number of carbonyl (C=O) groups excluding carboxylic acids is 1. The molecule has 1 aliphatic rings. The minimum atomic E-state index is -3.95. The van der Waals surface area contributed by atoms with Crippen LogP contribution in [0.1, 0.15) is 52.2 Å². The van der Waals surface area contributed by atoms with E-state index in [0.29, 0.717) is 17.3 Å². The van der Waals surface area contributed by atoms with Gasteiger partial charge in [-0.1, -0.05) is 108 Å². The number of thioether (sulfide) groups is 1. The van der Waals surface area contributed by atoms with Crippen LogP contribution in [0, 0.1) is 6.92 Å². The van der Waals surface area contributed by atoms with Gasteiger partial charge in [-0.25, -0.2) is 13.4 Å². The van der Waals surface area contributed by atoms with Gasteiger partial charge in [-0.15, -0.1) is 0 Å². The molecule has 4 atom stereocenters. The van der Waals surface area contributed by atoms with E-state index in [0.717, 1.165) is 33.4 Å². The van der Waals surface area contributed by atoms with Crippen molar-refractivity contribution in [3.63, 3.8) is 0 Å². The van der Waals surface area contributed by atoms with Gasteiger partial charge >= 0.3 is 0 Å². The van der Waals surface area contributed by atoms with E-state index in [-0.39, 0.29) is 36.7 Å². The van der Waals surface area contributed by atoms with E-state index in [1.54, 1.807) is 12.1 Å². The standard InChI is InChI=1S/C37H39N5O6S2/c1-25-7-17-32(18-8-25)50(45,46)42-33(19-26-5-3-2-4-6-26)35(44)38-21-27-9-15-30(16-10-27)36-47-31(23-49-37-39-24-40-41-37)20-34(48-36)29-13-11-28(22-43)12-14-29/h2-18,24,31,33-34,36,42-43H,19-23H2,1H3,(H,38,44)(H,39,40,41)/t31-,33-,34+,36+/m1/s1. The molecule has 5 aromatic rings. The maximum atomic E-state index is 13.5. The topological polar surface area (TPSA) is 156 Å². The highest BCUT2D eigenvalue weighted by atomic mass is 32.2. The Morgan fingerprint density at radius 3 is 2.30 bits per heavy atom. The number of sulfonamides is 1. The number of hydrogen-bond donors (Lipinski definition) is 4. The summed E-state index contributed by atoms with van der Waals surface area (Å²) in [5.41, 5.74) is 5.23. The van der Waals surface area contributed by atoms with Crippen molar-refractivity contribution in [1.29, 1.82) is 0 Å². The molecule has 4 aromatic carbocycles. The van der Waals surface area contributed by atoms with Gasteiger partial charge in [-0.2, -0.15) is 9.82 Å². The number of aromatic nitrogens is 3. The first-order valence-electron chi connectivity index (χ1n) is 16.2. The van der Waals surface area contributed by atoms with Gasteiger partial charge < -0.3 is 19.9 Å². The van der Waals surface area contributed by atoms with E-state index in [1.807, 2.05) is 85.8 Å². The smallest absolute Gasteiger partial charge is 0.241 e. The van der Waals surface area contributed by atoms with Crippen LogP contribution in [0.2, 0.25) is 0 Å². The van der Waals surface area contributed by atoms with E-state index in [2.05, 4.69) is 25.2 Å². The van der Waals surface area contributed by atoms with Crippen LogP contribution in [0.5, 0.6) is 0 Å². The Balaban J connectivity index is 1.13. The van der Waals surface area contributed by atoms with Crippen LogP contribution in [-0.2, 0) is 43.9 Å². The van der Waals surface area contributed by atoms with Gasteiger partial charge in [0.2, 0.25) is 15.9 Å². The van der Waals surface area contributed by atoms with Crippen molar-refractivity contribution >= 4 is 27.7 Å². The molecule has 0 radical (unpaired) electrons. The molecule has 0 bridgehead atoms. The Morgan fingerprint density at radius 2 is 1.62 bits per heavy atom. The number of rotatable bonds is 14. The molecule has 50 heavy (non-hydrogen) atoms. The Labute approximate surface area is 295 Å². The number of aromatic amines is 1. The maximum absolute atomic E-state index is 13.5. The number of amides is 1. The Morgan fingerprint density at radius 1 is 0.920 bits per heavy atom. The molecule has 6 rings (SSSR count). The first-order chi connectivity index (χ1) is 24.3. The van der Waals surface area contributed by atoms with Crippen molar-refractivity contribution in [2.45, 2.75) is 67.5 Å². The number of aliphatic hydroxyl groups excluding tert-OH is 1. The lowest BCUT2D eigenvalue weighted by Crippen LogP contribution is -2.47. The largest absolute Gasteiger partial charge is 0.392 e. The lowest BCUT2D eigenvalue weighted by atomic mass is 10.0. The third kappa shape index (κ3) is 9.44. The van der Waals surface area contributed by atoms with Gasteiger partial charge in [-0.05, 0) is 47.7 Å². The maximum Gasteiger partial charge on any atom is 0.241 e. The van der Waals surface area contributed by atoms with Crippen LogP contribution in [0.25, 0.3) is 0 Å². The summed E-state index contributed by atoms with van der Waals surface area (Å²) in [7, 11) is -3.95. The zero-order valence-electron chi connectivity index (χ0n) is 27.4. The third-order valence-corrected chi connectivity index (χ3v) is 10.9. The van der Waals surface area contributed by atoms with Crippen molar-refractivity contribution in [3.05, 3.63) is 143 Å². The average Bonchev–Trinajstić information content (AvgIpc) is 3.67. The lowest BCUT2D eigenvalue weighted by Gasteiger charge is -2.36. The predicted octanol–water partition coefficient (Wildman–Crippen LogP) is 5.15. The second kappa shape index (κ2) is 16.6. The van der Waals surface area contributed by atoms with Gasteiger partial charge in [0.1, 0.15) is 12.4 Å². The summed E-state index contributed by atoms with van der Waals surface area (Å²) in [4.78, 5) is 17.8. The summed E-state index contributed by atoms with van der Waals surface area (Å²) in [6.45, 7) is 2.04. The van der Waals surface area contributed by atoms with Gasteiger partial charge in [-0.3, -0.25) is 9.89 Å². The van der Waals surface area contributed by atoms with Gasteiger partial charge in [0, 0.05) is 24.3 Å². The second-order valence-corrected chi connectivity index (χ2v) is 14.8. The molecule has 0 spiro atoms. The minimum Gasteiger partial charge on any atom is -0.392 e. The first-order valence-corrected chi connectivity index (χ1v) is 18.7. The third-order valence-electron chi connectivity index (χ3n) is 8.36. The molecule has 1 amide bonds. The van der Waals surface area contributed by atoms with E-state index in [4.69, 9.17) is 9.47 Å². The zero-order valence-corrected chi connectivity index (χ0v) is 29.1. The lowest BCUT2D eigenvalue weighted by molar-refractivity contribution is -0.245. The molecule has 13 heteroatoms. The zero-order chi connectivity index (χ0) is 34.9. The number of nitrogens with zero attached hydrogens (tertiary/aromatic N) is 2. The van der Waals surface area contributed by atoms with E-state index < -0.39 is 28.3 Å². The molecule has 0 unspecified atom stereocenters. The molecule has 1 aromatic heterocycles. The van der Waals surface area contributed by atoms with Crippen LogP contribution in [0.3, 0.4) is 0 Å². The summed E-state index contributed by atoms with van der Waals surface area (Å²) >= 11 is 1.53. The van der Waals surface area contributed by atoms with Crippen LogP contribution >= 0.6 is 11.8 Å². The quantitative estimate of drug-likeness (QED) is 0.114. The summed E-state index contributed by atoms with van der Waals surface area (Å²) in [6, 6.07) is 30.1. The number of benzene rings is 4. The summed E-state index contributed by atoms with van der Waals surface area (Å²) < 4.78 is 42.0. The highest BCUT2D eigenvalue weighted by Gasteiger charge is 2.32.